The van der Waals surface area contributed by atoms with Crippen molar-refractivity contribution in [3.63, 3.8) is 0 Å². The van der Waals surface area contributed by atoms with E-state index < -0.39 is 12.1 Å². The molecule has 4 heterocycles. The molecular weight excluding hydrogens is 602 g/mol. The summed E-state index contributed by atoms with van der Waals surface area (Å²) in [5.41, 5.74) is 3.49. The number of nitrogens with zero attached hydrogens (tertiary/aromatic N) is 3. The third-order valence-electron chi connectivity index (χ3n) is 8.80. The van der Waals surface area contributed by atoms with E-state index in [1.807, 2.05) is 6.07 Å². The number of likely N-dealkylation sites (tertiary alicyclic amines) is 1. The van der Waals surface area contributed by atoms with E-state index in [1.165, 1.54) is 18.4 Å². The van der Waals surface area contributed by atoms with Crippen LogP contribution in [-0.2, 0) is 16.1 Å². The molecule has 0 spiro atoms. The van der Waals surface area contributed by atoms with Gasteiger partial charge in [0.25, 0.3) is 11.8 Å². The third kappa shape index (κ3) is 7.71. The highest BCUT2D eigenvalue weighted by molar-refractivity contribution is 5.95. The number of aryl methyl sites for hydroxylation is 1. The number of carbonyl (C=O) groups is 3. The highest BCUT2D eigenvalue weighted by Gasteiger charge is 2.39. The monoisotopic (exact) mass is 643 g/mol. The number of amides is 3. The zero-order chi connectivity index (χ0) is 32.9. The summed E-state index contributed by atoms with van der Waals surface area (Å²) in [5.74, 6) is 1.07. The molecule has 0 unspecified atom stereocenters. The number of nitrogens with one attached hydrogen (secondary N) is 2. The Hall–Kier alpha value is -4.97. The van der Waals surface area contributed by atoms with Gasteiger partial charge < -0.3 is 39.4 Å². The van der Waals surface area contributed by atoms with Crippen LogP contribution in [0.1, 0.15) is 21.5 Å². The quantitative estimate of drug-likeness (QED) is 0.431. The summed E-state index contributed by atoms with van der Waals surface area (Å²) in [6.45, 7) is 6.20. The fourth-order valence-electron chi connectivity index (χ4n) is 6.18. The van der Waals surface area contributed by atoms with E-state index in [2.05, 4.69) is 51.6 Å². The molecule has 7 rings (SSSR count). The summed E-state index contributed by atoms with van der Waals surface area (Å²) in [5, 5.41) is 5.91. The van der Waals surface area contributed by atoms with E-state index >= 15 is 0 Å². The maximum absolute atomic E-state index is 13.6. The summed E-state index contributed by atoms with van der Waals surface area (Å²) in [4.78, 5) is 46.1. The lowest BCUT2D eigenvalue weighted by Gasteiger charge is -2.36. The van der Waals surface area contributed by atoms with Gasteiger partial charge in [-0.15, -0.1) is 0 Å². The van der Waals surface area contributed by atoms with Gasteiger partial charge >= 0.3 is 0 Å². The molecule has 4 aliphatic rings. The number of carbonyl (C=O) groups excluding carboxylic acids is 3. The first-order valence-corrected chi connectivity index (χ1v) is 15.8. The lowest BCUT2D eigenvalue weighted by molar-refractivity contribution is -0.131. The minimum Gasteiger partial charge on any atom is -0.497 e. The van der Waals surface area contributed by atoms with E-state index in [0.717, 1.165) is 31.7 Å². The van der Waals surface area contributed by atoms with Crippen LogP contribution < -0.4 is 34.5 Å². The summed E-state index contributed by atoms with van der Waals surface area (Å²) >= 11 is 0. The maximum Gasteiger partial charge on any atom is 0.258 e. The van der Waals surface area contributed by atoms with Crippen molar-refractivity contribution < 1.29 is 33.3 Å². The number of fused-ring (bicyclic) bond motifs is 7. The van der Waals surface area contributed by atoms with Crippen molar-refractivity contribution in [3.8, 4) is 23.0 Å². The molecular formula is C35H41N5O7. The first kappa shape index (κ1) is 32.0. The van der Waals surface area contributed by atoms with Gasteiger partial charge in [0, 0.05) is 68.2 Å². The molecule has 0 aliphatic carbocycles. The Labute approximate surface area is 274 Å². The van der Waals surface area contributed by atoms with Gasteiger partial charge in [-0.05, 0) is 48.9 Å². The minimum atomic E-state index is -0.520. The van der Waals surface area contributed by atoms with E-state index in [1.54, 1.807) is 42.3 Å². The smallest absolute Gasteiger partial charge is 0.258 e. The molecule has 2 N–H and O–H groups in total. The number of rotatable bonds is 5. The number of piperazine rings is 1. The normalized spacial score (nSPS) is 20.3. The van der Waals surface area contributed by atoms with Gasteiger partial charge in [0.2, 0.25) is 5.91 Å². The number of ether oxygens (including phenoxy) is 4. The van der Waals surface area contributed by atoms with Gasteiger partial charge in [-0.1, -0.05) is 12.1 Å². The van der Waals surface area contributed by atoms with Crippen LogP contribution in [-0.4, -0.2) is 106 Å². The van der Waals surface area contributed by atoms with Gasteiger partial charge in [0.05, 0.1) is 33.4 Å². The van der Waals surface area contributed by atoms with Crippen LogP contribution >= 0.6 is 0 Å². The first-order chi connectivity index (χ1) is 22.8. The Morgan fingerprint density at radius 2 is 1.77 bits per heavy atom. The summed E-state index contributed by atoms with van der Waals surface area (Å²) in [6.07, 6.45) is -0.520. The summed E-state index contributed by atoms with van der Waals surface area (Å²) < 4.78 is 23.1. The van der Waals surface area contributed by atoms with Gasteiger partial charge in [0.1, 0.15) is 29.1 Å². The van der Waals surface area contributed by atoms with Crippen molar-refractivity contribution in [3.05, 3.63) is 77.4 Å². The Balaban J connectivity index is 1.19. The number of anilines is 1. The number of hydrogen-bond donors (Lipinski definition) is 2. The van der Waals surface area contributed by atoms with Crippen LogP contribution in [0.4, 0.5) is 5.69 Å². The average Bonchev–Trinajstić information content (AvgIpc) is 3.48. The number of hydrogen-bond acceptors (Lipinski definition) is 9. The van der Waals surface area contributed by atoms with Crippen LogP contribution in [0.3, 0.4) is 0 Å². The second-order valence-corrected chi connectivity index (χ2v) is 12.1. The second-order valence-electron chi connectivity index (χ2n) is 12.1. The van der Waals surface area contributed by atoms with Crippen LogP contribution in [0.2, 0.25) is 0 Å². The van der Waals surface area contributed by atoms with E-state index in [9.17, 15) is 14.4 Å². The lowest BCUT2D eigenvalue weighted by atomic mass is 10.1. The van der Waals surface area contributed by atoms with Gasteiger partial charge in [-0.25, -0.2) is 0 Å². The topological polar surface area (TPSA) is 122 Å². The summed E-state index contributed by atoms with van der Waals surface area (Å²) in [7, 11) is 3.04. The standard InChI is InChI=1S/C35H41N5O7/c1-23-5-4-6-26(13-23)39-11-9-38(10-12-39)21-34(42)40-19-30-32(20-40)47-27-8-7-24(31(17-27)45-3)18-36-33(41)22-46-29-15-25(35(43)37-30)14-28(16-29)44-2/h4-8,13-17,30,32H,9-12,18-22H2,1-3H3,(H,36,41)(H,37,43)/t30-,32-/m0/s1. The molecule has 47 heavy (non-hydrogen) atoms. The SMILES string of the molecule is COc1cc2cc(c1)C(=O)N[C@H]1CN(C(=O)CN3CCN(c4cccc(C)c4)CC3)C[C@@H]1Oc1ccc(c(OC)c1)CNC(=O)CO2. The molecule has 0 aromatic heterocycles. The first-order valence-electron chi connectivity index (χ1n) is 15.8. The molecule has 12 heteroatoms. The van der Waals surface area contributed by atoms with Crippen molar-refractivity contribution in [1.29, 1.82) is 0 Å². The van der Waals surface area contributed by atoms with Crippen LogP contribution in [0, 0.1) is 6.92 Å². The van der Waals surface area contributed by atoms with Crippen molar-refractivity contribution in [2.75, 3.05) is 71.5 Å². The molecule has 2 atom stereocenters. The zero-order valence-electron chi connectivity index (χ0n) is 27.0. The molecule has 4 bridgehead atoms. The minimum absolute atomic E-state index is 0.0118. The molecule has 3 aromatic rings. The number of benzene rings is 3. The molecule has 12 nitrogen and oxygen atoms in total. The zero-order valence-corrected chi connectivity index (χ0v) is 27.0. The highest BCUT2D eigenvalue weighted by Crippen LogP contribution is 2.28. The van der Waals surface area contributed by atoms with E-state index in [4.69, 9.17) is 18.9 Å². The predicted octanol–water partition coefficient (Wildman–Crippen LogP) is 2.23. The Bertz CT molecular complexity index is 1620. The van der Waals surface area contributed by atoms with E-state index in [-0.39, 0.29) is 30.9 Å². The predicted molar refractivity (Wildman–Crippen MR) is 175 cm³/mol. The average molecular weight is 644 g/mol. The molecule has 4 aliphatic heterocycles. The Morgan fingerprint density at radius 1 is 0.936 bits per heavy atom. The largest absolute Gasteiger partial charge is 0.497 e. The Kier molecular flexibility index (Phi) is 9.67. The van der Waals surface area contributed by atoms with Gasteiger partial charge in [0.15, 0.2) is 6.61 Å². The molecule has 248 valence electrons. The van der Waals surface area contributed by atoms with Crippen LogP contribution in [0.25, 0.3) is 0 Å². The fourth-order valence-corrected chi connectivity index (χ4v) is 6.18. The maximum atomic E-state index is 13.6. The highest BCUT2D eigenvalue weighted by atomic mass is 16.5. The van der Waals surface area contributed by atoms with E-state index in [0.29, 0.717) is 48.2 Å². The fraction of sp³-hybridized carbons (Fsp3) is 0.400. The van der Waals surface area contributed by atoms with Crippen molar-refractivity contribution in [2.45, 2.75) is 25.6 Å². The lowest BCUT2D eigenvalue weighted by Crippen LogP contribution is -2.50. The molecule has 2 saturated heterocycles. The Morgan fingerprint density at radius 3 is 2.53 bits per heavy atom. The molecule has 0 saturated carbocycles. The second kappa shape index (κ2) is 14.2. The van der Waals surface area contributed by atoms with Gasteiger partial charge in [-0.3, -0.25) is 19.3 Å². The van der Waals surface area contributed by atoms with Gasteiger partial charge in [-0.2, -0.15) is 0 Å². The molecule has 3 amide bonds. The number of methoxy groups -OCH3 is 2. The molecule has 2 fully saturated rings. The summed E-state index contributed by atoms with van der Waals surface area (Å²) in [6, 6.07) is 18.1. The molecule has 3 aromatic carbocycles. The van der Waals surface area contributed by atoms with Crippen molar-refractivity contribution >= 4 is 23.4 Å². The van der Waals surface area contributed by atoms with Crippen LogP contribution in [0.15, 0.2) is 60.7 Å². The molecule has 0 radical (unpaired) electrons. The van der Waals surface area contributed by atoms with Crippen LogP contribution in [0.5, 0.6) is 23.0 Å². The van der Waals surface area contributed by atoms with Crippen molar-refractivity contribution in [1.82, 2.24) is 20.4 Å². The van der Waals surface area contributed by atoms with Crippen molar-refractivity contribution in [2.24, 2.45) is 0 Å². The third-order valence-corrected chi connectivity index (χ3v) is 8.80.